The quantitative estimate of drug-likeness (QED) is 0.929. The minimum absolute atomic E-state index is 0.267. The molecule has 0 unspecified atom stereocenters. The summed E-state index contributed by atoms with van der Waals surface area (Å²) in [7, 11) is -3.28. The topological polar surface area (TPSA) is 60.2 Å². The summed E-state index contributed by atoms with van der Waals surface area (Å²) in [4.78, 5) is 0.336. The molecule has 0 atom stereocenters. The molecule has 0 saturated heterocycles. The van der Waals surface area contributed by atoms with Crippen LogP contribution in [-0.2, 0) is 15.3 Å². The molecule has 0 radical (unpaired) electrons. The molecule has 1 fully saturated rings. The molecule has 1 aliphatic rings. The average Bonchev–Trinajstić information content (AvgIpc) is 2.77. The van der Waals surface area contributed by atoms with E-state index in [1.807, 2.05) is 0 Å². The van der Waals surface area contributed by atoms with E-state index in [0.29, 0.717) is 16.5 Å². The van der Waals surface area contributed by atoms with Gasteiger partial charge in [-0.25, -0.2) is 8.42 Å². The van der Waals surface area contributed by atoms with Gasteiger partial charge in [-0.2, -0.15) is 0 Å². The van der Waals surface area contributed by atoms with E-state index in [9.17, 15) is 8.42 Å². The molecular formula is C13H18ClNO2S. The van der Waals surface area contributed by atoms with Crippen LogP contribution >= 0.6 is 11.6 Å². The van der Waals surface area contributed by atoms with Crippen molar-refractivity contribution in [1.29, 1.82) is 0 Å². The van der Waals surface area contributed by atoms with Crippen LogP contribution in [0, 0.1) is 0 Å². The number of rotatable bonds is 3. The summed E-state index contributed by atoms with van der Waals surface area (Å²) in [6.07, 6.45) is 5.20. The van der Waals surface area contributed by atoms with Crippen LogP contribution in [0.4, 0.5) is 0 Å². The average molecular weight is 288 g/mol. The van der Waals surface area contributed by atoms with Crippen molar-refractivity contribution in [2.45, 2.75) is 36.0 Å². The molecule has 5 heteroatoms. The van der Waals surface area contributed by atoms with Crippen molar-refractivity contribution >= 4 is 21.4 Å². The van der Waals surface area contributed by atoms with E-state index in [4.69, 9.17) is 17.3 Å². The molecule has 0 aromatic heterocycles. The number of sulfone groups is 1. The predicted molar refractivity (Wildman–Crippen MR) is 73.8 cm³/mol. The standard InChI is InChI=1S/C13H18ClNO2S/c1-18(16,17)11-6-4-5-10(14)12(11)13(9-15)7-2-3-8-13/h4-6H,2-3,7-9,15H2,1H3. The summed E-state index contributed by atoms with van der Waals surface area (Å²) in [6.45, 7) is 0.444. The number of nitrogens with two attached hydrogens (primary N) is 1. The fourth-order valence-electron chi connectivity index (χ4n) is 2.94. The van der Waals surface area contributed by atoms with Gasteiger partial charge in [0.25, 0.3) is 0 Å². The molecule has 0 spiro atoms. The molecule has 1 aromatic carbocycles. The molecule has 2 rings (SSSR count). The van der Waals surface area contributed by atoms with Crippen molar-refractivity contribution in [3.8, 4) is 0 Å². The van der Waals surface area contributed by atoms with Crippen molar-refractivity contribution in [2.24, 2.45) is 5.73 Å². The number of hydrogen-bond acceptors (Lipinski definition) is 3. The van der Waals surface area contributed by atoms with E-state index in [0.717, 1.165) is 31.2 Å². The van der Waals surface area contributed by atoms with Gasteiger partial charge < -0.3 is 5.73 Å². The highest BCUT2D eigenvalue weighted by atomic mass is 35.5. The molecule has 1 aromatic rings. The van der Waals surface area contributed by atoms with Crippen LogP contribution < -0.4 is 5.73 Å². The first-order valence-corrected chi connectivity index (χ1v) is 8.37. The summed E-state index contributed by atoms with van der Waals surface area (Å²) in [5, 5.41) is 0.519. The third-order valence-electron chi connectivity index (χ3n) is 3.86. The zero-order chi connectivity index (χ0) is 13.4. The van der Waals surface area contributed by atoms with Gasteiger partial charge in [-0.3, -0.25) is 0 Å². The molecule has 0 amide bonds. The number of benzene rings is 1. The van der Waals surface area contributed by atoms with Gasteiger partial charge in [0.05, 0.1) is 4.90 Å². The van der Waals surface area contributed by atoms with Crippen LogP contribution in [0.3, 0.4) is 0 Å². The minimum Gasteiger partial charge on any atom is -0.330 e. The van der Waals surface area contributed by atoms with Crippen LogP contribution in [0.25, 0.3) is 0 Å². The van der Waals surface area contributed by atoms with Crippen molar-refractivity contribution in [2.75, 3.05) is 12.8 Å². The summed E-state index contributed by atoms with van der Waals surface area (Å²) in [5.74, 6) is 0. The van der Waals surface area contributed by atoms with Crippen LogP contribution in [0.5, 0.6) is 0 Å². The van der Waals surface area contributed by atoms with Gasteiger partial charge in [0, 0.05) is 23.2 Å². The fraction of sp³-hybridized carbons (Fsp3) is 0.538. The van der Waals surface area contributed by atoms with Gasteiger partial charge in [-0.15, -0.1) is 0 Å². The van der Waals surface area contributed by atoms with Crippen molar-refractivity contribution < 1.29 is 8.42 Å². The molecule has 0 bridgehead atoms. The maximum absolute atomic E-state index is 11.9. The van der Waals surface area contributed by atoms with E-state index in [1.54, 1.807) is 18.2 Å². The third kappa shape index (κ3) is 2.29. The van der Waals surface area contributed by atoms with E-state index in [-0.39, 0.29) is 5.41 Å². The minimum atomic E-state index is -3.28. The van der Waals surface area contributed by atoms with Gasteiger partial charge >= 0.3 is 0 Å². The summed E-state index contributed by atoms with van der Waals surface area (Å²) < 4.78 is 23.8. The smallest absolute Gasteiger partial charge is 0.175 e. The second kappa shape index (κ2) is 4.83. The SMILES string of the molecule is CS(=O)(=O)c1cccc(Cl)c1C1(CN)CCCC1. The molecule has 2 N–H and O–H groups in total. The van der Waals surface area contributed by atoms with Crippen LogP contribution in [0.2, 0.25) is 5.02 Å². The molecule has 1 saturated carbocycles. The van der Waals surface area contributed by atoms with E-state index < -0.39 is 9.84 Å². The van der Waals surface area contributed by atoms with Gasteiger partial charge in [0.15, 0.2) is 9.84 Å². The lowest BCUT2D eigenvalue weighted by atomic mass is 9.79. The third-order valence-corrected chi connectivity index (χ3v) is 5.31. The largest absolute Gasteiger partial charge is 0.330 e. The highest BCUT2D eigenvalue weighted by Gasteiger charge is 2.39. The van der Waals surface area contributed by atoms with E-state index in [1.165, 1.54) is 6.26 Å². The molecule has 0 heterocycles. The van der Waals surface area contributed by atoms with E-state index >= 15 is 0 Å². The Morgan fingerprint density at radius 1 is 1.33 bits per heavy atom. The van der Waals surface area contributed by atoms with Gasteiger partial charge in [-0.1, -0.05) is 30.5 Å². The first-order valence-electron chi connectivity index (χ1n) is 6.10. The maximum atomic E-state index is 11.9. The Morgan fingerprint density at radius 2 is 1.94 bits per heavy atom. The second-order valence-corrected chi connectivity index (χ2v) is 7.47. The van der Waals surface area contributed by atoms with Crippen molar-refractivity contribution in [3.63, 3.8) is 0 Å². The normalized spacial score (nSPS) is 19.1. The maximum Gasteiger partial charge on any atom is 0.175 e. The molecule has 100 valence electrons. The first-order chi connectivity index (χ1) is 8.41. The monoisotopic (exact) mass is 287 g/mol. The number of hydrogen-bond donors (Lipinski definition) is 1. The van der Waals surface area contributed by atoms with E-state index in [2.05, 4.69) is 0 Å². The highest BCUT2D eigenvalue weighted by molar-refractivity contribution is 7.90. The first kappa shape index (κ1) is 13.8. The Kier molecular flexibility index (Phi) is 3.72. The number of halogens is 1. The molecular weight excluding hydrogens is 270 g/mol. The fourth-order valence-corrected chi connectivity index (χ4v) is 4.39. The van der Waals surface area contributed by atoms with Crippen molar-refractivity contribution in [1.82, 2.24) is 0 Å². The Morgan fingerprint density at radius 3 is 2.44 bits per heavy atom. The van der Waals surface area contributed by atoms with Crippen molar-refractivity contribution in [3.05, 3.63) is 28.8 Å². The Bertz CT molecular complexity index is 548. The Balaban J connectivity index is 2.69. The molecule has 1 aliphatic carbocycles. The van der Waals surface area contributed by atoms with Gasteiger partial charge in [0.2, 0.25) is 0 Å². The lowest BCUT2D eigenvalue weighted by Gasteiger charge is -2.30. The summed E-state index contributed by atoms with van der Waals surface area (Å²) in [5.41, 5.74) is 6.39. The summed E-state index contributed by atoms with van der Waals surface area (Å²) in [6, 6.07) is 5.06. The Labute approximate surface area is 113 Å². The highest BCUT2D eigenvalue weighted by Crippen LogP contribution is 2.45. The zero-order valence-electron chi connectivity index (χ0n) is 10.4. The van der Waals surface area contributed by atoms with Gasteiger partial charge in [-0.05, 0) is 30.5 Å². The van der Waals surface area contributed by atoms with Crippen LogP contribution in [0.1, 0.15) is 31.2 Å². The van der Waals surface area contributed by atoms with Crippen LogP contribution in [0.15, 0.2) is 23.1 Å². The molecule has 3 nitrogen and oxygen atoms in total. The Hall–Kier alpha value is -0.580. The lowest BCUT2D eigenvalue weighted by molar-refractivity contribution is 0.443. The molecule has 18 heavy (non-hydrogen) atoms. The second-order valence-electron chi connectivity index (χ2n) is 5.08. The van der Waals surface area contributed by atoms with Gasteiger partial charge in [0.1, 0.15) is 0 Å². The molecule has 0 aliphatic heterocycles. The summed E-state index contributed by atoms with van der Waals surface area (Å²) >= 11 is 6.26. The zero-order valence-corrected chi connectivity index (χ0v) is 12.0. The lowest BCUT2D eigenvalue weighted by Crippen LogP contribution is -2.34. The van der Waals surface area contributed by atoms with Crippen LogP contribution in [-0.4, -0.2) is 21.2 Å². The predicted octanol–water partition coefficient (Wildman–Crippen LogP) is 2.51.